The van der Waals surface area contributed by atoms with Crippen LogP contribution in [0.15, 0.2) is 48.5 Å². The van der Waals surface area contributed by atoms with Crippen LogP contribution >= 0.6 is 22.9 Å². The van der Waals surface area contributed by atoms with Gasteiger partial charge in [-0.2, -0.15) is 5.10 Å². The summed E-state index contributed by atoms with van der Waals surface area (Å²) >= 11 is 7.70. The molecule has 0 N–H and O–H groups in total. The minimum atomic E-state index is -0.442. The molecule has 0 atom stereocenters. The lowest BCUT2D eigenvalue weighted by Crippen LogP contribution is -2.28. The number of benzene rings is 2. The molecular weight excluding hydrogens is 424 g/mol. The first-order valence-electron chi connectivity index (χ1n) is 9.27. The molecule has 0 fully saturated rings. The Morgan fingerprint density at radius 2 is 2.00 bits per heavy atom. The van der Waals surface area contributed by atoms with Gasteiger partial charge in [-0.05, 0) is 37.1 Å². The van der Waals surface area contributed by atoms with Crippen LogP contribution in [0.1, 0.15) is 20.9 Å². The van der Waals surface area contributed by atoms with Crippen LogP contribution in [0.2, 0.25) is 5.02 Å². The van der Waals surface area contributed by atoms with Crippen LogP contribution in [-0.4, -0.2) is 27.2 Å². The Hall–Kier alpha value is -3.23. The van der Waals surface area contributed by atoms with Crippen LogP contribution in [0.3, 0.4) is 0 Å². The molecule has 150 valence electrons. The van der Waals surface area contributed by atoms with Gasteiger partial charge in [0.05, 0.1) is 31.9 Å². The van der Waals surface area contributed by atoms with Crippen molar-refractivity contribution in [1.82, 2.24) is 9.78 Å². The molecule has 1 amide bonds. The van der Waals surface area contributed by atoms with E-state index in [1.165, 1.54) is 23.5 Å². The Morgan fingerprint density at radius 3 is 2.77 bits per heavy atom. The highest BCUT2D eigenvalue weighted by molar-refractivity contribution is 7.20. The normalized spacial score (nSPS) is 13.1. The van der Waals surface area contributed by atoms with E-state index in [1.54, 1.807) is 21.7 Å². The van der Waals surface area contributed by atoms with Crippen molar-refractivity contribution in [2.24, 2.45) is 0 Å². The van der Waals surface area contributed by atoms with E-state index < -0.39 is 4.92 Å². The number of aromatic nitrogens is 2. The number of fused-ring (bicyclic) bond motifs is 2. The van der Waals surface area contributed by atoms with Crippen LogP contribution < -0.4 is 4.90 Å². The van der Waals surface area contributed by atoms with Gasteiger partial charge in [0.1, 0.15) is 4.83 Å². The largest absolute Gasteiger partial charge is 0.307 e. The van der Waals surface area contributed by atoms with Crippen molar-refractivity contribution in [3.05, 3.63) is 79.8 Å². The molecule has 0 unspecified atom stereocenters. The highest BCUT2D eigenvalue weighted by Gasteiger charge is 2.29. The Morgan fingerprint density at radius 1 is 1.20 bits per heavy atom. The van der Waals surface area contributed by atoms with Gasteiger partial charge in [-0.1, -0.05) is 29.8 Å². The number of carbonyl (C=O) groups excluding carboxylic acids is 1. The first kappa shape index (κ1) is 18.8. The molecule has 0 radical (unpaired) electrons. The number of non-ortho nitro benzene ring substituents is 1. The smallest absolute Gasteiger partial charge is 0.271 e. The second-order valence-corrected chi connectivity index (χ2v) is 8.49. The van der Waals surface area contributed by atoms with E-state index in [-0.39, 0.29) is 11.6 Å². The molecule has 0 bridgehead atoms. The minimum Gasteiger partial charge on any atom is -0.307 e. The van der Waals surface area contributed by atoms with Gasteiger partial charge in [0.2, 0.25) is 0 Å². The number of hydrogen-bond acceptors (Lipinski definition) is 5. The fourth-order valence-electron chi connectivity index (χ4n) is 3.76. The third kappa shape index (κ3) is 2.88. The fraction of sp³-hybridized carbons (Fsp3) is 0.143. The van der Waals surface area contributed by atoms with Crippen LogP contribution in [-0.2, 0) is 6.42 Å². The van der Waals surface area contributed by atoms with E-state index in [2.05, 4.69) is 5.10 Å². The summed E-state index contributed by atoms with van der Waals surface area (Å²) in [7, 11) is 0. The van der Waals surface area contributed by atoms with Gasteiger partial charge in [0, 0.05) is 24.1 Å². The number of nitro groups is 1. The Balaban J connectivity index is 1.57. The standard InChI is InChI=1S/C21H15ClN4O3S/c1-12-15-11-19(30-21(15)25(23-12)17-5-3-2-4-16(17)22)20(27)24-9-8-13-6-7-14(26(28)29)10-18(13)24/h2-7,10-11H,8-9H2,1H3. The molecule has 1 aliphatic heterocycles. The van der Waals surface area contributed by atoms with Crippen molar-refractivity contribution < 1.29 is 9.72 Å². The zero-order valence-electron chi connectivity index (χ0n) is 15.8. The third-order valence-electron chi connectivity index (χ3n) is 5.26. The monoisotopic (exact) mass is 438 g/mol. The second kappa shape index (κ2) is 6.93. The van der Waals surface area contributed by atoms with Crippen molar-refractivity contribution in [3.63, 3.8) is 0 Å². The average molecular weight is 439 g/mol. The van der Waals surface area contributed by atoms with Crippen molar-refractivity contribution in [3.8, 4) is 5.69 Å². The van der Waals surface area contributed by atoms with Crippen LogP contribution in [0.25, 0.3) is 15.9 Å². The third-order valence-corrected chi connectivity index (χ3v) is 6.67. The molecule has 3 heterocycles. The first-order valence-corrected chi connectivity index (χ1v) is 10.5. The number of para-hydroxylation sites is 1. The SMILES string of the molecule is Cc1nn(-c2ccccc2Cl)c2sc(C(=O)N3CCc4ccc([N+](=O)[O-])cc43)cc12. The molecular formula is C21H15ClN4O3S. The fourth-order valence-corrected chi connectivity index (χ4v) is 5.11. The predicted molar refractivity (Wildman–Crippen MR) is 117 cm³/mol. The van der Waals surface area contributed by atoms with E-state index in [0.717, 1.165) is 27.2 Å². The molecule has 2 aromatic heterocycles. The van der Waals surface area contributed by atoms with Gasteiger partial charge >= 0.3 is 0 Å². The van der Waals surface area contributed by atoms with Crippen LogP contribution in [0, 0.1) is 17.0 Å². The summed E-state index contributed by atoms with van der Waals surface area (Å²) in [6.07, 6.45) is 0.677. The van der Waals surface area contributed by atoms with Crippen LogP contribution in [0.4, 0.5) is 11.4 Å². The van der Waals surface area contributed by atoms with Gasteiger partial charge in [-0.25, -0.2) is 4.68 Å². The molecule has 4 aromatic rings. The Kier molecular flexibility index (Phi) is 4.34. The number of amides is 1. The molecule has 1 aliphatic rings. The molecule has 30 heavy (non-hydrogen) atoms. The summed E-state index contributed by atoms with van der Waals surface area (Å²) in [6.45, 7) is 2.39. The molecule has 7 nitrogen and oxygen atoms in total. The van der Waals surface area contributed by atoms with Gasteiger partial charge in [-0.3, -0.25) is 14.9 Å². The first-order chi connectivity index (χ1) is 14.4. The van der Waals surface area contributed by atoms with Crippen molar-refractivity contribution in [2.45, 2.75) is 13.3 Å². The molecule has 2 aromatic carbocycles. The number of anilines is 1. The number of halogens is 1. The summed E-state index contributed by atoms with van der Waals surface area (Å²) < 4.78 is 1.76. The highest BCUT2D eigenvalue weighted by Crippen LogP contribution is 2.36. The summed E-state index contributed by atoms with van der Waals surface area (Å²) in [5.41, 5.74) is 3.08. The Labute approximate surface area is 180 Å². The molecule has 5 rings (SSSR count). The Bertz CT molecular complexity index is 1340. The number of thiophene rings is 1. The van der Waals surface area contributed by atoms with E-state index >= 15 is 0 Å². The number of rotatable bonds is 3. The van der Waals surface area contributed by atoms with Crippen molar-refractivity contribution in [1.29, 1.82) is 0 Å². The number of nitrogens with zero attached hydrogens (tertiary/aromatic N) is 4. The van der Waals surface area contributed by atoms with E-state index in [0.29, 0.717) is 28.6 Å². The quantitative estimate of drug-likeness (QED) is 0.327. The number of hydrogen-bond donors (Lipinski definition) is 0. The summed E-state index contributed by atoms with van der Waals surface area (Å²) in [5.74, 6) is -0.166. The second-order valence-electron chi connectivity index (χ2n) is 7.06. The van der Waals surface area contributed by atoms with Gasteiger partial charge in [0.25, 0.3) is 11.6 Å². The number of aryl methyl sites for hydroxylation is 1. The van der Waals surface area contributed by atoms with Gasteiger partial charge in [-0.15, -0.1) is 11.3 Å². The highest BCUT2D eigenvalue weighted by atomic mass is 35.5. The lowest BCUT2D eigenvalue weighted by molar-refractivity contribution is -0.384. The summed E-state index contributed by atoms with van der Waals surface area (Å²) in [6, 6.07) is 13.9. The topological polar surface area (TPSA) is 81.3 Å². The van der Waals surface area contributed by atoms with Crippen molar-refractivity contribution >= 4 is 50.4 Å². The van der Waals surface area contributed by atoms with Gasteiger partial charge in [0.15, 0.2) is 0 Å². The number of nitro benzene ring substituents is 1. The van der Waals surface area contributed by atoms with Gasteiger partial charge < -0.3 is 4.90 Å². The van der Waals surface area contributed by atoms with E-state index in [4.69, 9.17) is 11.6 Å². The van der Waals surface area contributed by atoms with Crippen LogP contribution in [0.5, 0.6) is 0 Å². The molecule has 0 saturated carbocycles. The average Bonchev–Trinajstić information content (AvgIpc) is 3.42. The minimum absolute atomic E-state index is 0.0185. The zero-order chi connectivity index (χ0) is 21.0. The molecule has 0 saturated heterocycles. The maximum absolute atomic E-state index is 13.3. The molecule has 0 spiro atoms. The molecule has 0 aliphatic carbocycles. The summed E-state index contributed by atoms with van der Waals surface area (Å²) in [4.78, 5) is 27.0. The van der Waals surface area contributed by atoms with Crippen molar-refractivity contribution in [2.75, 3.05) is 11.4 Å². The number of carbonyl (C=O) groups is 1. The van der Waals surface area contributed by atoms with E-state index in [9.17, 15) is 14.9 Å². The summed E-state index contributed by atoms with van der Waals surface area (Å²) in [5, 5.41) is 17.2. The molecule has 9 heteroatoms. The van der Waals surface area contributed by atoms with E-state index in [1.807, 2.05) is 31.2 Å². The zero-order valence-corrected chi connectivity index (χ0v) is 17.4. The predicted octanol–water partition coefficient (Wildman–Crippen LogP) is 5.16. The lowest BCUT2D eigenvalue weighted by Gasteiger charge is -2.16. The lowest BCUT2D eigenvalue weighted by atomic mass is 10.1. The maximum Gasteiger partial charge on any atom is 0.271 e. The maximum atomic E-state index is 13.3.